The van der Waals surface area contributed by atoms with Gasteiger partial charge in [0.15, 0.2) is 0 Å². The molecule has 5 heteroatoms. The summed E-state index contributed by atoms with van der Waals surface area (Å²) in [5.41, 5.74) is 2.99. The Labute approximate surface area is 170 Å². The fourth-order valence-electron chi connectivity index (χ4n) is 5.07. The minimum Gasteiger partial charge on any atom is -0.335 e. The lowest BCUT2D eigenvalue weighted by Crippen LogP contribution is -2.51. The third-order valence-electron chi connectivity index (χ3n) is 6.99. The molecule has 4 nitrogen and oxygen atoms in total. The number of allylic oxidation sites excluding steroid dienone is 1. The summed E-state index contributed by atoms with van der Waals surface area (Å²) in [7, 11) is 0. The van der Waals surface area contributed by atoms with Crippen molar-refractivity contribution in [1.29, 1.82) is 0 Å². The Morgan fingerprint density at radius 2 is 2.07 bits per heavy atom. The van der Waals surface area contributed by atoms with Crippen molar-refractivity contribution in [1.82, 2.24) is 10.2 Å². The van der Waals surface area contributed by atoms with Crippen LogP contribution in [0.1, 0.15) is 39.5 Å². The molecule has 0 radical (unpaired) electrons. The molecule has 27 heavy (non-hydrogen) atoms. The number of halogens is 1. The van der Waals surface area contributed by atoms with Gasteiger partial charge in [0.05, 0.1) is 0 Å². The predicted octanol–water partition coefficient (Wildman–Crippen LogP) is 5.03. The van der Waals surface area contributed by atoms with Gasteiger partial charge in [-0.2, -0.15) is 0 Å². The largest absolute Gasteiger partial charge is 0.335 e. The van der Waals surface area contributed by atoms with E-state index in [4.69, 9.17) is 0 Å². The number of fused-ring (bicyclic) bond motifs is 1. The van der Waals surface area contributed by atoms with E-state index in [9.17, 15) is 4.79 Å². The number of hydrogen-bond donors (Lipinski definition) is 2. The molecule has 1 aromatic rings. The number of carbonyl (C=O) groups is 1. The van der Waals surface area contributed by atoms with Gasteiger partial charge in [-0.15, -0.1) is 0 Å². The highest BCUT2D eigenvalue weighted by molar-refractivity contribution is 9.10. The summed E-state index contributed by atoms with van der Waals surface area (Å²) >= 11 is 3.43. The topological polar surface area (TPSA) is 44.4 Å². The van der Waals surface area contributed by atoms with Gasteiger partial charge in [-0.05, 0) is 61.1 Å². The van der Waals surface area contributed by atoms with Gasteiger partial charge in [0.2, 0.25) is 0 Å². The van der Waals surface area contributed by atoms with Crippen molar-refractivity contribution in [2.45, 2.75) is 45.6 Å². The second-order valence-electron chi connectivity index (χ2n) is 8.98. The van der Waals surface area contributed by atoms with Gasteiger partial charge in [-0.1, -0.05) is 47.5 Å². The van der Waals surface area contributed by atoms with Crippen LogP contribution in [0.15, 0.2) is 40.4 Å². The number of nitrogens with one attached hydrogen (secondary N) is 2. The number of anilines is 1. The predicted molar refractivity (Wildman–Crippen MR) is 114 cm³/mol. The van der Waals surface area contributed by atoms with Crippen LogP contribution in [0.4, 0.5) is 10.5 Å². The summed E-state index contributed by atoms with van der Waals surface area (Å²) in [6, 6.07) is 7.83. The monoisotopic (exact) mass is 431 g/mol. The second kappa shape index (κ2) is 7.59. The third kappa shape index (κ3) is 4.09. The zero-order valence-corrected chi connectivity index (χ0v) is 17.9. The Hall–Kier alpha value is -1.33. The maximum Gasteiger partial charge on any atom is 0.319 e. The van der Waals surface area contributed by atoms with E-state index in [1.807, 2.05) is 24.3 Å². The number of likely N-dealkylation sites (tertiary alicyclic amines) is 1. The first-order chi connectivity index (χ1) is 12.9. The van der Waals surface area contributed by atoms with Gasteiger partial charge in [-0.3, -0.25) is 4.90 Å². The van der Waals surface area contributed by atoms with Crippen molar-refractivity contribution in [2.75, 3.05) is 25.0 Å². The molecule has 3 aliphatic carbocycles. The van der Waals surface area contributed by atoms with Gasteiger partial charge in [0.1, 0.15) is 0 Å². The lowest BCUT2D eigenvalue weighted by Gasteiger charge is -2.57. The normalized spacial score (nSPS) is 27.4. The fraction of sp³-hybridized carbons (Fsp3) is 0.591. The quantitative estimate of drug-likeness (QED) is 0.656. The molecule has 2 atom stereocenters. The molecule has 4 aliphatic rings. The van der Waals surface area contributed by atoms with Crippen LogP contribution in [0, 0.1) is 17.3 Å². The summed E-state index contributed by atoms with van der Waals surface area (Å²) in [6.07, 6.45) is 7.23. The second-order valence-corrected chi connectivity index (χ2v) is 9.90. The number of rotatable bonds is 4. The van der Waals surface area contributed by atoms with E-state index in [1.165, 1.54) is 12.8 Å². The number of urea groups is 1. The molecule has 5 rings (SSSR count). The zero-order valence-electron chi connectivity index (χ0n) is 16.3. The highest BCUT2D eigenvalue weighted by Gasteiger charge is 2.51. The minimum atomic E-state index is -0.108. The van der Waals surface area contributed by atoms with Crippen LogP contribution in [0.2, 0.25) is 0 Å². The maximum absolute atomic E-state index is 12.2. The van der Waals surface area contributed by atoms with Crippen LogP contribution < -0.4 is 10.6 Å². The van der Waals surface area contributed by atoms with E-state index in [1.54, 1.807) is 5.57 Å². The standard InChI is InChI=1S/C22H30BrN3O/c1-22(2)16-7-6-15(20(22)12-16)14-26-10-8-18(9-11-26)24-21(27)25-19-5-3-4-17(23)13-19/h3-6,13,16,18,20H,7-12,14H2,1-2H3,(H2,24,25,27)/t16-,20-/m0/s1. The van der Waals surface area contributed by atoms with Gasteiger partial charge in [0, 0.05) is 35.8 Å². The van der Waals surface area contributed by atoms with Gasteiger partial charge in [0.25, 0.3) is 0 Å². The van der Waals surface area contributed by atoms with Crippen LogP contribution in [-0.2, 0) is 0 Å². The Morgan fingerprint density at radius 3 is 2.74 bits per heavy atom. The number of hydrogen-bond acceptors (Lipinski definition) is 2. The first-order valence-electron chi connectivity index (χ1n) is 10.2. The molecule has 0 unspecified atom stereocenters. The molecule has 1 saturated carbocycles. The van der Waals surface area contributed by atoms with Crippen LogP contribution in [0.25, 0.3) is 0 Å². The molecule has 1 saturated heterocycles. The lowest BCUT2D eigenvalue weighted by molar-refractivity contribution is -0.0113. The van der Waals surface area contributed by atoms with Crippen molar-refractivity contribution < 1.29 is 4.79 Å². The first kappa shape index (κ1) is 19.0. The summed E-state index contributed by atoms with van der Waals surface area (Å²) in [5, 5.41) is 6.06. The highest BCUT2D eigenvalue weighted by Crippen LogP contribution is 2.59. The third-order valence-corrected chi connectivity index (χ3v) is 7.49. The van der Waals surface area contributed by atoms with Crippen molar-refractivity contribution in [3.63, 3.8) is 0 Å². The molecule has 2 fully saturated rings. The molecule has 2 N–H and O–H groups in total. The number of amides is 2. The van der Waals surface area contributed by atoms with Crippen molar-refractivity contribution in [2.24, 2.45) is 17.3 Å². The molecular formula is C22H30BrN3O. The molecule has 0 aromatic heterocycles. The maximum atomic E-state index is 12.2. The fourth-order valence-corrected chi connectivity index (χ4v) is 5.47. The molecule has 1 aromatic carbocycles. The van der Waals surface area contributed by atoms with E-state index in [0.29, 0.717) is 5.41 Å². The highest BCUT2D eigenvalue weighted by atomic mass is 79.9. The Morgan fingerprint density at radius 1 is 1.30 bits per heavy atom. The van der Waals surface area contributed by atoms with Crippen molar-refractivity contribution in [3.8, 4) is 0 Å². The lowest BCUT2D eigenvalue weighted by atomic mass is 9.49. The summed E-state index contributed by atoms with van der Waals surface area (Å²) in [4.78, 5) is 14.8. The first-order valence-corrected chi connectivity index (χ1v) is 11.0. The number of carbonyl (C=O) groups excluding carboxylic acids is 1. The number of benzene rings is 1. The minimum absolute atomic E-state index is 0.108. The van der Waals surface area contributed by atoms with Crippen LogP contribution in [0.3, 0.4) is 0 Å². The average molecular weight is 432 g/mol. The Kier molecular flexibility index (Phi) is 5.34. The summed E-state index contributed by atoms with van der Waals surface area (Å²) in [6.45, 7) is 8.14. The van der Waals surface area contributed by atoms with Crippen molar-refractivity contribution in [3.05, 3.63) is 40.4 Å². The molecule has 0 spiro atoms. The van der Waals surface area contributed by atoms with E-state index in [0.717, 1.165) is 54.5 Å². The smallest absolute Gasteiger partial charge is 0.319 e. The van der Waals surface area contributed by atoms with E-state index in [-0.39, 0.29) is 12.1 Å². The number of nitrogens with zero attached hydrogens (tertiary/aromatic N) is 1. The zero-order chi connectivity index (χ0) is 19.0. The molecule has 2 amide bonds. The van der Waals surface area contributed by atoms with Crippen LogP contribution >= 0.6 is 15.9 Å². The average Bonchev–Trinajstić information content (AvgIpc) is 2.63. The van der Waals surface area contributed by atoms with Crippen LogP contribution in [-0.4, -0.2) is 36.6 Å². The van der Waals surface area contributed by atoms with Gasteiger partial charge >= 0.3 is 6.03 Å². The van der Waals surface area contributed by atoms with Crippen molar-refractivity contribution >= 4 is 27.6 Å². The molecular weight excluding hydrogens is 402 g/mol. The molecule has 146 valence electrons. The molecule has 1 aliphatic heterocycles. The SMILES string of the molecule is CC1(C)[C@H]2CC=C(CN3CCC(NC(=O)Nc4cccc(Br)c4)CC3)[C@@H]1C2. The van der Waals surface area contributed by atoms with Gasteiger partial charge < -0.3 is 10.6 Å². The van der Waals surface area contributed by atoms with Crippen LogP contribution in [0.5, 0.6) is 0 Å². The van der Waals surface area contributed by atoms with E-state index >= 15 is 0 Å². The van der Waals surface area contributed by atoms with E-state index in [2.05, 4.69) is 51.4 Å². The summed E-state index contributed by atoms with van der Waals surface area (Å²) in [5.74, 6) is 1.70. The Balaban J connectivity index is 1.22. The Bertz CT molecular complexity index is 737. The molecule has 1 heterocycles. The molecule has 2 bridgehead atoms. The van der Waals surface area contributed by atoms with Gasteiger partial charge in [-0.25, -0.2) is 4.79 Å². The summed E-state index contributed by atoms with van der Waals surface area (Å²) < 4.78 is 0.964. The number of piperidine rings is 1. The van der Waals surface area contributed by atoms with E-state index < -0.39 is 0 Å².